The molecule has 1 amide bonds. The predicted molar refractivity (Wildman–Crippen MR) is 106 cm³/mol. The molecule has 0 aliphatic rings. The molecule has 0 aliphatic heterocycles. The molecule has 2 aromatic heterocycles. The maximum absolute atomic E-state index is 12.7. The zero-order valence-corrected chi connectivity index (χ0v) is 15.4. The molecule has 2 aromatic carbocycles. The van der Waals surface area contributed by atoms with Crippen LogP contribution in [0.25, 0.3) is 11.4 Å². The van der Waals surface area contributed by atoms with Gasteiger partial charge in [-0.25, -0.2) is 9.36 Å². The Labute approximate surface area is 165 Å². The molecule has 0 radical (unpaired) electrons. The summed E-state index contributed by atoms with van der Waals surface area (Å²) in [4.78, 5) is 23.1. The molecule has 4 aromatic rings. The summed E-state index contributed by atoms with van der Waals surface area (Å²) in [6.07, 6.45) is 3.50. The fraction of sp³-hybridized carbons (Fsp3) is 0.0500. The summed E-state index contributed by atoms with van der Waals surface area (Å²) in [7, 11) is 0. The summed E-state index contributed by atoms with van der Waals surface area (Å²) >= 11 is 0. The van der Waals surface area contributed by atoms with E-state index in [4.69, 9.17) is 0 Å². The van der Waals surface area contributed by atoms with Crippen LogP contribution in [0.15, 0.2) is 73.1 Å². The highest BCUT2D eigenvalue weighted by molar-refractivity contribution is 6.04. The monoisotopic (exact) mass is 388 g/mol. The fourth-order valence-corrected chi connectivity index (χ4v) is 2.88. The number of aryl methyl sites for hydroxylation is 1. The van der Waals surface area contributed by atoms with E-state index >= 15 is 0 Å². The Morgan fingerprint density at radius 3 is 2.38 bits per heavy atom. The lowest BCUT2D eigenvalue weighted by Gasteiger charge is -2.09. The minimum atomic E-state index is -0.465. The van der Waals surface area contributed by atoms with E-state index in [1.807, 2.05) is 12.3 Å². The number of amides is 1. The van der Waals surface area contributed by atoms with Crippen LogP contribution in [-0.4, -0.2) is 30.4 Å². The van der Waals surface area contributed by atoms with E-state index in [9.17, 15) is 14.9 Å². The minimum Gasteiger partial charge on any atom is -0.306 e. The smallest absolute Gasteiger partial charge is 0.269 e. The molecule has 0 aliphatic carbocycles. The molecule has 0 fully saturated rings. The van der Waals surface area contributed by atoms with Crippen LogP contribution in [0.2, 0.25) is 0 Å². The number of nitro groups is 1. The predicted octanol–water partition coefficient (Wildman–Crippen LogP) is 3.53. The molecule has 9 nitrogen and oxygen atoms in total. The zero-order valence-electron chi connectivity index (χ0n) is 15.4. The Bertz CT molecular complexity index is 1160. The van der Waals surface area contributed by atoms with Crippen LogP contribution in [0.4, 0.5) is 11.5 Å². The van der Waals surface area contributed by atoms with Crippen molar-refractivity contribution >= 4 is 17.4 Å². The number of anilines is 1. The minimum absolute atomic E-state index is 0.0134. The van der Waals surface area contributed by atoms with Gasteiger partial charge in [0, 0.05) is 36.2 Å². The Morgan fingerprint density at radius 1 is 1.07 bits per heavy atom. The molecule has 0 saturated heterocycles. The lowest BCUT2D eigenvalue weighted by atomic mass is 10.2. The van der Waals surface area contributed by atoms with Gasteiger partial charge in [-0.3, -0.25) is 14.9 Å². The average Bonchev–Trinajstić information content (AvgIpc) is 3.38. The molecule has 0 spiro atoms. The third kappa shape index (κ3) is 3.74. The number of rotatable bonds is 5. The quantitative estimate of drug-likeness (QED) is 0.416. The van der Waals surface area contributed by atoms with Gasteiger partial charge in [-0.05, 0) is 49.4 Å². The number of hydrogen-bond acceptors (Lipinski definition) is 5. The molecule has 1 N–H and O–H groups in total. The normalized spacial score (nSPS) is 10.7. The highest BCUT2D eigenvalue weighted by Gasteiger charge is 2.14. The highest BCUT2D eigenvalue weighted by Crippen LogP contribution is 2.21. The summed E-state index contributed by atoms with van der Waals surface area (Å²) in [6.45, 7) is 1.80. The van der Waals surface area contributed by atoms with Gasteiger partial charge >= 0.3 is 0 Å². The molecule has 0 saturated carbocycles. The standard InChI is InChI=1S/C20H16N6O3/c1-14-13-19(25(23-14)17-7-9-18(10-8-17)26(28)29)22-20(27)15-3-5-16(6-4-15)24-12-2-11-21-24/h2-13H,1H3,(H,22,27). The van der Waals surface area contributed by atoms with Gasteiger partial charge < -0.3 is 5.32 Å². The fourth-order valence-electron chi connectivity index (χ4n) is 2.88. The van der Waals surface area contributed by atoms with Gasteiger partial charge in [0.15, 0.2) is 0 Å². The third-order valence-corrected chi connectivity index (χ3v) is 4.28. The SMILES string of the molecule is Cc1cc(NC(=O)c2ccc(-n3cccn3)cc2)n(-c2ccc([N+](=O)[O-])cc2)n1. The molecule has 0 unspecified atom stereocenters. The molecule has 4 rings (SSSR count). The van der Waals surface area contributed by atoms with Crippen LogP contribution < -0.4 is 5.32 Å². The first-order chi connectivity index (χ1) is 14.0. The van der Waals surface area contributed by atoms with Crippen molar-refractivity contribution in [3.05, 3.63) is 94.4 Å². The van der Waals surface area contributed by atoms with E-state index in [0.29, 0.717) is 22.8 Å². The second-order valence-corrected chi connectivity index (χ2v) is 6.31. The molecule has 0 atom stereocenters. The average molecular weight is 388 g/mol. The van der Waals surface area contributed by atoms with Gasteiger partial charge in [0.05, 0.1) is 22.0 Å². The van der Waals surface area contributed by atoms with Crippen molar-refractivity contribution in [2.75, 3.05) is 5.32 Å². The van der Waals surface area contributed by atoms with Crippen LogP contribution in [-0.2, 0) is 0 Å². The summed E-state index contributed by atoms with van der Waals surface area (Å²) in [5.41, 5.74) is 2.62. The highest BCUT2D eigenvalue weighted by atomic mass is 16.6. The second-order valence-electron chi connectivity index (χ2n) is 6.31. The number of nitrogens with one attached hydrogen (secondary N) is 1. The van der Waals surface area contributed by atoms with Crippen molar-refractivity contribution in [3.8, 4) is 11.4 Å². The summed E-state index contributed by atoms with van der Waals surface area (Å²) in [5, 5.41) is 22.2. The first-order valence-electron chi connectivity index (χ1n) is 8.74. The Morgan fingerprint density at radius 2 is 1.76 bits per heavy atom. The number of aromatic nitrogens is 4. The summed E-state index contributed by atoms with van der Waals surface area (Å²) in [6, 6.07) is 16.6. The van der Waals surface area contributed by atoms with Gasteiger partial charge in [-0.1, -0.05) is 0 Å². The largest absolute Gasteiger partial charge is 0.306 e. The Hall–Kier alpha value is -4.27. The molecule has 9 heteroatoms. The van der Waals surface area contributed by atoms with E-state index in [0.717, 1.165) is 5.69 Å². The number of carbonyl (C=O) groups excluding carboxylic acids is 1. The van der Waals surface area contributed by atoms with Crippen molar-refractivity contribution in [1.82, 2.24) is 19.6 Å². The maximum atomic E-state index is 12.7. The van der Waals surface area contributed by atoms with E-state index in [1.54, 1.807) is 60.3 Å². The van der Waals surface area contributed by atoms with Crippen molar-refractivity contribution in [2.24, 2.45) is 0 Å². The second kappa shape index (κ2) is 7.39. The summed E-state index contributed by atoms with van der Waals surface area (Å²) in [5.74, 6) is 0.178. The van der Waals surface area contributed by atoms with E-state index in [2.05, 4.69) is 15.5 Å². The van der Waals surface area contributed by atoms with Crippen LogP contribution in [0.5, 0.6) is 0 Å². The van der Waals surface area contributed by atoms with Gasteiger partial charge in [-0.2, -0.15) is 10.2 Å². The molecule has 29 heavy (non-hydrogen) atoms. The third-order valence-electron chi connectivity index (χ3n) is 4.28. The van der Waals surface area contributed by atoms with Crippen LogP contribution in [0.3, 0.4) is 0 Å². The number of hydrogen-bond donors (Lipinski definition) is 1. The molecule has 0 bridgehead atoms. The van der Waals surface area contributed by atoms with E-state index in [1.165, 1.54) is 16.8 Å². The van der Waals surface area contributed by atoms with Gasteiger partial charge in [0.25, 0.3) is 11.6 Å². The molecule has 144 valence electrons. The molecular weight excluding hydrogens is 372 g/mol. The first-order valence-corrected chi connectivity index (χ1v) is 8.74. The van der Waals surface area contributed by atoms with Crippen LogP contribution in [0, 0.1) is 17.0 Å². The van der Waals surface area contributed by atoms with Crippen molar-refractivity contribution < 1.29 is 9.72 Å². The lowest BCUT2D eigenvalue weighted by Crippen LogP contribution is -2.15. The number of carbonyl (C=O) groups is 1. The van der Waals surface area contributed by atoms with Crippen molar-refractivity contribution in [1.29, 1.82) is 0 Å². The Balaban J connectivity index is 1.56. The van der Waals surface area contributed by atoms with Crippen LogP contribution in [0.1, 0.15) is 16.1 Å². The topological polar surface area (TPSA) is 108 Å². The van der Waals surface area contributed by atoms with Gasteiger partial charge in [-0.15, -0.1) is 0 Å². The van der Waals surface area contributed by atoms with Crippen molar-refractivity contribution in [3.63, 3.8) is 0 Å². The number of non-ortho nitro benzene ring substituents is 1. The zero-order chi connectivity index (χ0) is 20.4. The van der Waals surface area contributed by atoms with E-state index in [-0.39, 0.29) is 11.6 Å². The molecular formula is C20H16N6O3. The van der Waals surface area contributed by atoms with Crippen LogP contribution >= 0.6 is 0 Å². The number of benzene rings is 2. The van der Waals surface area contributed by atoms with E-state index < -0.39 is 4.92 Å². The summed E-state index contributed by atoms with van der Waals surface area (Å²) < 4.78 is 3.24. The maximum Gasteiger partial charge on any atom is 0.269 e. The lowest BCUT2D eigenvalue weighted by molar-refractivity contribution is -0.384. The van der Waals surface area contributed by atoms with Gasteiger partial charge in [0.2, 0.25) is 0 Å². The van der Waals surface area contributed by atoms with Gasteiger partial charge in [0.1, 0.15) is 5.82 Å². The molecule has 2 heterocycles. The Kier molecular flexibility index (Phi) is 4.62. The first kappa shape index (κ1) is 18.1. The number of nitro benzene ring substituents is 1. The van der Waals surface area contributed by atoms with Crippen molar-refractivity contribution in [2.45, 2.75) is 6.92 Å². The number of nitrogens with zero attached hydrogens (tertiary/aromatic N) is 5.